The van der Waals surface area contributed by atoms with E-state index in [1.807, 2.05) is 84.9 Å². The van der Waals surface area contributed by atoms with Gasteiger partial charge in [-0.25, -0.2) is 9.59 Å². The van der Waals surface area contributed by atoms with Crippen molar-refractivity contribution in [1.29, 1.82) is 0 Å². The quantitative estimate of drug-likeness (QED) is 0.0690. The number of aliphatic hydroxyl groups excluding tert-OH is 1. The van der Waals surface area contributed by atoms with Gasteiger partial charge in [-0.1, -0.05) is 84.9 Å². The molecule has 12 nitrogen and oxygen atoms in total. The second-order valence-electron chi connectivity index (χ2n) is 15.5. The third-order valence-electron chi connectivity index (χ3n) is 11.3. The first kappa shape index (κ1) is 40.3. The first-order valence-corrected chi connectivity index (χ1v) is 20.3. The number of aromatic hydroxyl groups is 1. The average Bonchev–Trinajstić information content (AvgIpc) is 3.28. The minimum absolute atomic E-state index is 0.0637. The number of phenols is 1. The Morgan fingerprint density at radius 3 is 2.35 bits per heavy atom. The van der Waals surface area contributed by atoms with Gasteiger partial charge in [0.25, 0.3) is 0 Å². The molecule has 3 atom stereocenters. The Kier molecular flexibility index (Phi) is 12.5. The van der Waals surface area contributed by atoms with Crippen LogP contribution in [0, 0.1) is 5.92 Å². The van der Waals surface area contributed by atoms with Gasteiger partial charge in [0.15, 0.2) is 0 Å². The number of benzene rings is 5. The van der Waals surface area contributed by atoms with Crippen LogP contribution in [0.25, 0.3) is 10.9 Å². The molecule has 0 spiro atoms. The molecule has 6 aromatic rings. The highest BCUT2D eigenvalue weighted by Crippen LogP contribution is 2.32. The van der Waals surface area contributed by atoms with E-state index in [4.69, 9.17) is 14.2 Å². The number of carbonyl (C=O) groups excluding carboxylic acids is 2. The molecule has 3 fully saturated rings. The molecule has 308 valence electrons. The number of pyridine rings is 1. The maximum atomic E-state index is 13.3. The molecular weight excluding hydrogens is 761 g/mol. The second-order valence-corrected chi connectivity index (χ2v) is 15.5. The zero-order valence-corrected chi connectivity index (χ0v) is 33.1. The zero-order chi connectivity index (χ0) is 41.4. The summed E-state index contributed by atoms with van der Waals surface area (Å²) >= 11 is 0. The summed E-state index contributed by atoms with van der Waals surface area (Å²) in [6.45, 7) is 3.89. The molecule has 0 saturated carbocycles. The molecule has 9 rings (SSSR count). The van der Waals surface area contributed by atoms with Crippen molar-refractivity contribution in [3.8, 4) is 11.5 Å². The number of carbonyl (C=O) groups is 2. The number of alkyl carbamates (subject to hydrolysis) is 1. The van der Waals surface area contributed by atoms with E-state index in [0.29, 0.717) is 34.7 Å². The zero-order valence-electron chi connectivity index (χ0n) is 33.1. The number of amides is 1. The van der Waals surface area contributed by atoms with Gasteiger partial charge in [0, 0.05) is 31.1 Å². The number of fused-ring (bicyclic) bond motifs is 4. The number of aliphatic hydroxyl groups is 1. The van der Waals surface area contributed by atoms with E-state index in [1.165, 1.54) is 12.1 Å². The number of hydrogen-bond acceptors (Lipinski definition) is 10. The van der Waals surface area contributed by atoms with Crippen molar-refractivity contribution in [1.82, 2.24) is 20.5 Å². The Labute approximate surface area is 347 Å². The van der Waals surface area contributed by atoms with Crippen LogP contribution >= 0.6 is 0 Å². The molecule has 3 saturated heterocycles. The first-order valence-electron chi connectivity index (χ1n) is 20.3. The lowest BCUT2D eigenvalue weighted by Gasteiger charge is -2.43. The molecule has 0 unspecified atom stereocenters. The lowest BCUT2D eigenvalue weighted by Crippen LogP contribution is -2.52. The van der Waals surface area contributed by atoms with Crippen LogP contribution in [0.15, 0.2) is 132 Å². The van der Waals surface area contributed by atoms with Crippen LogP contribution in [0.3, 0.4) is 0 Å². The third-order valence-corrected chi connectivity index (χ3v) is 11.3. The highest BCUT2D eigenvalue weighted by atomic mass is 16.6. The van der Waals surface area contributed by atoms with Crippen LogP contribution in [0.2, 0.25) is 0 Å². The summed E-state index contributed by atoms with van der Waals surface area (Å²) in [4.78, 5) is 43.2. The number of H-pyrrole nitrogens is 1. The van der Waals surface area contributed by atoms with Gasteiger partial charge in [0.2, 0.25) is 5.56 Å². The fourth-order valence-corrected chi connectivity index (χ4v) is 8.15. The topological polar surface area (TPSA) is 162 Å². The second kappa shape index (κ2) is 18.6. The number of phenolic OH excluding ortho intramolecular Hbond substituents is 1. The summed E-state index contributed by atoms with van der Waals surface area (Å²) in [5.74, 6) is 0.496. The molecule has 0 radical (unpaired) electrons. The minimum Gasteiger partial charge on any atom is -0.506 e. The minimum atomic E-state index is -0.888. The average molecular weight is 809 g/mol. The number of nitrogens with one attached hydrogen (secondary N) is 3. The largest absolute Gasteiger partial charge is 0.506 e. The summed E-state index contributed by atoms with van der Waals surface area (Å²) < 4.78 is 17.9. The molecule has 1 amide bonds. The molecule has 1 aromatic heterocycles. The highest BCUT2D eigenvalue weighted by Gasteiger charge is 2.37. The van der Waals surface area contributed by atoms with Crippen LogP contribution in [0.5, 0.6) is 11.5 Å². The van der Waals surface area contributed by atoms with Crippen molar-refractivity contribution in [3.63, 3.8) is 0 Å². The molecule has 60 heavy (non-hydrogen) atoms. The van der Waals surface area contributed by atoms with Gasteiger partial charge in [-0.2, -0.15) is 0 Å². The van der Waals surface area contributed by atoms with E-state index in [0.717, 1.165) is 60.3 Å². The van der Waals surface area contributed by atoms with Crippen molar-refractivity contribution in [3.05, 3.63) is 177 Å². The van der Waals surface area contributed by atoms with Crippen LogP contribution in [0.1, 0.15) is 68.7 Å². The number of hydrogen-bond donors (Lipinski definition) is 5. The maximum absolute atomic E-state index is 13.3. The smallest absolute Gasteiger partial charge is 0.408 e. The van der Waals surface area contributed by atoms with E-state index in [9.17, 15) is 24.6 Å². The van der Waals surface area contributed by atoms with Gasteiger partial charge in [-0.3, -0.25) is 9.69 Å². The van der Waals surface area contributed by atoms with Gasteiger partial charge < -0.3 is 40.0 Å². The van der Waals surface area contributed by atoms with Crippen molar-refractivity contribution >= 4 is 23.0 Å². The molecule has 4 heterocycles. The molecule has 12 heteroatoms. The summed E-state index contributed by atoms with van der Waals surface area (Å²) in [6, 6.07) is 37.8. The molecule has 0 aliphatic carbocycles. The van der Waals surface area contributed by atoms with Gasteiger partial charge in [-0.15, -0.1) is 0 Å². The van der Waals surface area contributed by atoms with Gasteiger partial charge >= 0.3 is 12.1 Å². The number of rotatable bonds is 15. The SMILES string of the molecule is O=C(N[C@@H](c1ccccc1)c1cccc(OCc2cccc(C(=O)OCc3cccc(CNC[C@H](O)c4ccc(O)c5[nH]c(=O)ccc45)c3)c2)c1)O[C@H]1CN2CCC1CC2. The Bertz CT molecular complexity index is 2500. The molecule has 5 N–H and O–H groups in total. The molecular formula is C48H48N4O8. The molecule has 3 aliphatic rings. The predicted octanol–water partition coefficient (Wildman–Crippen LogP) is 6.90. The monoisotopic (exact) mass is 808 g/mol. The highest BCUT2D eigenvalue weighted by molar-refractivity contribution is 5.89. The van der Waals surface area contributed by atoms with Crippen LogP contribution in [0.4, 0.5) is 4.79 Å². The van der Waals surface area contributed by atoms with E-state index in [-0.39, 0.29) is 42.7 Å². The number of piperidine rings is 3. The van der Waals surface area contributed by atoms with Crippen LogP contribution in [-0.4, -0.2) is 64.4 Å². The van der Waals surface area contributed by atoms with Gasteiger partial charge in [0.05, 0.1) is 23.2 Å². The van der Waals surface area contributed by atoms with E-state index in [2.05, 4.69) is 20.5 Å². The lowest BCUT2D eigenvalue weighted by atomic mass is 9.86. The number of aromatic nitrogens is 1. The number of aromatic amines is 1. The van der Waals surface area contributed by atoms with Gasteiger partial charge in [-0.05, 0) is 102 Å². The van der Waals surface area contributed by atoms with E-state index in [1.54, 1.807) is 30.3 Å². The van der Waals surface area contributed by atoms with Gasteiger partial charge in [0.1, 0.15) is 30.8 Å². The predicted molar refractivity (Wildman–Crippen MR) is 227 cm³/mol. The van der Waals surface area contributed by atoms with Crippen LogP contribution < -0.4 is 20.9 Å². The lowest BCUT2D eigenvalue weighted by molar-refractivity contribution is -0.0336. The number of nitrogens with zero attached hydrogens (tertiary/aromatic N) is 1. The Morgan fingerprint density at radius 1 is 0.800 bits per heavy atom. The number of ether oxygens (including phenoxy) is 3. The fraction of sp³-hybridized carbons (Fsp3) is 0.271. The van der Waals surface area contributed by atoms with Crippen molar-refractivity contribution in [2.24, 2.45) is 5.92 Å². The Hall–Kier alpha value is -6.47. The fourth-order valence-electron chi connectivity index (χ4n) is 8.15. The molecule has 2 bridgehead atoms. The standard InChI is InChI=1S/C48H48N4O8/c53-41-17-15-39(40-16-18-44(55)50-46(40)41)42(54)27-49-26-31-7-4-8-32(23-31)30-59-47(56)37-13-5-9-33(24-37)29-58-38-14-6-12-36(25-38)45(35-10-2-1-3-11-35)51-48(57)60-43-28-52-21-19-34(43)20-22-52/h1-18,23-25,34,42-43,45,49,53-54H,19-22,26-30H2,(H,50,55)(H,51,57)/t42-,43-,45-/m0/s1. The molecule has 5 aromatic carbocycles. The summed E-state index contributed by atoms with van der Waals surface area (Å²) in [5, 5.41) is 28.0. The van der Waals surface area contributed by atoms with Crippen molar-refractivity contribution in [2.75, 3.05) is 26.2 Å². The normalized spacial score (nSPS) is 18.1. The summed E-state index contributed by atoms with van der Waals surface area (Å²) in [5.41, 5.74) is 5.24. The maximum Gasteiger partial charge on any atom is 0.408 e. The summed E-state index contributed by atoms with van der Waals surface area (Å²) in [7, 11) is 0. The number of esters is 1. The van der Waals surface area contributed by atoms with E-state index >= 15 is 0 Å². The molecule has 3 aliphatic heterocycles. The Morgan fingerprint density at radius 2 is 1.55 bits per heavy atom. The van der Waals surface area contributed by atoms with E-state index < -0.39 is 24.2 Å². The third kappa shape index (κ3) is 9.86. The first-order chi connectivity index (χ1) is 29.3. The van der Waals surface area contributed by atoms with Crippen LogP contribution in [-0.2, 0) is 29.2 Å². The Balaban J connectivity index is 0.839. The summed E-state index contributed by atoms with van der Waals surface area (Å²) in [6.07, 6.45) is 0.693. The van der Waals surface area contributed by atoms with Crippen molar-refractivity contribution in [2.45, 2.75) is 50.8 Å². The van der Waals surface area contributed by atoms with Crippen molar-refractivity contribution < 1.29 is 34.0 Å².